The largest absolute Gasteiger partial charge is 0.427 e. The summed E-state index contributed by atoms with van der Waals surface area (Å²) in [6, 6.07) is 7.76. The molecule has 0 unspecified atom stereocenters. The van der Waals surface area contributed by atoms with Crippen molar-refractivity contribution in [2.75, 3.05) is 5.33 Å². The maximum absolute atomic E-state index is 11.6. The van der Waals surface area contributed by atoms with Crippen molar-refractivity contribution in [1.29, 1.82) is 0 Å². The normalized spacial score (nSPS) is 10.7. The molecule has 0 aromatic heterocycles. The number of esters is 1. The van der Waals surface area contributed by atoms with Crippen LogP contribution in [0.25, 0.3) is 0 Å². The van der Waals surface area contributed by atoms with Gasteiger partial charge in [0, 0.05) is 11.8 Å². The average molecular weight is 313 g/mol. The number of alkyl halides is 1. The fourth-order valence-corrected chi connectivity index (χ4v) is 2.04. The summed E-state index contributed by atoms with van der Waals surface area (Å²) in [6.07, 6.45) is 3.57. The molecule has 0 heterocycles. The van der Waals surface area contributed by atoms with E-state index in [2.05, 4.69) is 29.8 Å². The van der Waals surface area contributed by atoms with Crippen LogP contribution < -0.4 is 4.74 Å². The smallest absolute Gasteiger partial charge is 0.311 e. The lowest BCUT2D eigenvalue weighted by Gasteiger charge is -2.07. The van der Waals surface area contributed by atoms with Crippen LogP contribution >= 0.6 is 15.9 Å². The first kappa shape index (κ1) is 15.2. The molecule has 0 fully saturated rings. The minimum absolute atomic E-state index is 0.137. The molecule has 18 heavy (non-hydrogen) atoms. The summed E-state index contributed by atoms with van der Waals surface area (Å²) in [4.78, 5) is 11.6. The lowest BCUT2D eigenvalue weighted by atomic mass is 10.0. The Labute approximate surface area is 118 Å². The van der Waals surface area contributed by atoms with Crippen LogP contribution in [0.15, 0.2) is 24.3 Å². The van der Waals surface area contributed by atoms with Crippen LogP contribution in [0.2, 0.25) is 0 Å². The zero-order valence-corrected chi connectivity index (χ0v) is 12.7. The van der Waals surface area contributed by atoms with Gasteiger partial charge in [-0.3, -0.25) is 4.79 Å². The maximum atomic E-state index is 11.6. The molecule has 0 radical (unpaired) electrons. The third-order valence-electron chi connectivity index (χ3n) is 2.79. The fraction of sp³-hybridized carbons (Fsp3) is 0.533. The Balaban J connectivity index is 2.35. The van der Waals surface area contributed by atoms with Crippen LogP contribution in [0, 0.1) is 0 Å². The molecule has 1 rings (SSSR count). The van der Waals surface area contributed by atoms with Gasteiger partial charge in [-0.2, -0.15) is 0 Å². The molecule has 0 aliphatic heterocycles. The molecule has 0 spiro atoms. The molecule has 0 atom stereocenters. The Kier molecular flexibility index (Phi) is 7.02. The molecule has 0 saturated carbocycles. The van der Waals surface area contributed by atoms with E-state index in [1.54, 1.807) is 0 Å². The topological polar surface area (TPSA) is 26.3 Å². The SMILES string of the molecule is CC(C)c1ccc(OC(=O)CCCCCBr)cc1. The predicted molar refractivity (Wildman–Crippen MR) is 78.4 cm³/mol. The molecule has 100 valence electrons. The number of rotatable bonds is 7. The maximum Gasteiger partial charge on any atom is 0.311 e. The highest BCUT2D eigenvalue weighted by molar-refractivity contribution is 9.09. The van der Waals surface area contributed by atoms with Crippen molar-refractivity contribution in [2.24, 2.45) is 0 Å². The number of benzene rings is 1. The minimum atomic E-state index is -0.137. The number of unbranched alkanes of at least 4 members (excludes halogenated alkanes) is 2. The Morgan fingerprint density at radius 3 is 2.39 bits per heavy atom. The quantitative estimate of drug-likeness (QED) is 0.316. The second-order valence-corrected chi connectivity index (χ2v) is 5.49. The molecule has 3 heteroatoms. The van der Waals surface area contributed by atoms with Crippen molar-refractivity contribution in [3.8, 4) is 5.75 Å². The second-order valence-electron chi connectivity index (χ2n) is 4.70. The lowest BCUT2D eigenvalue weighted by Crippen LogP contribution is -2.07. The molecule has 1 aromatic carbocycles. The van der Waals surface area contributed by atoms with Gasteiger partial charge >= 0.3 is 5.97 Å². The summed E-state index contributed by atoms with van der Waals surface area (Å²) in [7, 11) is 0. The Morgan fingerprint density at radius 1 is 1.17 bits per heavy atom. The van der Waals surface area contributed by atoms with Crippen LogP contribution in [0.5, 0.6) is 5.75 Å². The number of halogens is 1. The van der Waals surface area contributed by atoms with Gasteiger partial charge in [0.15, 0.2) is 0 Å². The van der Waals surface area contributed by atoms with Crippen molar-refractivity contribution in [3.63, 3.8) is 0 Å². The number of hydrogen-bond donors (Lipinski definition) is 0. The number of ether oxygens (including phenoxy) is 1. The van der Waals surface area contributed by atoms with Crippen molar-refractivity contribution >= 4 is 21.9 Å². The summed E-state index contributed by atoms with van der Waals surface area (Å²) >= 11 is 3.37. The van der Waals surface area contributed by atoms with Crippen LogP contribution in [-0.2, 0) is 4.79 Å². The highest BCUT2D eigenvalue weighted by Gasteiger charge is 2.05. The van der Waals surface area contributed by atoms with E-state index in [0.717, 1.165) is 24.6 Å². The molecule has 0 bridgehead atoms. The number of carbonyl (C=O) groups is 1. The summed E-state index contributed by atoms with van der Waals surface area (Å²) < 4.78 is 5.28. The number of hydrogen-bond acceptors (Lipinski definition) is 2. The van der Waals surface area contributed by atoms with Crippen LogP contribution in [0.3, 0.4) is 0 Å². The van der Waals surface area contributed by atoms with Crippen molar-refractivity contribution in [1.82, 2.24) is 0 Å². The summed E-state index contributed by atoms with van der Waals surface area (Å²) in [6.45, 7) is 4.29. The fourth-order valence-electron chi connectivity index (χ4n) is 1.64. The van der Waals surface area contributed by atoms with Gasteiger partial charge in [0.05, 0.1) is 0 Å². The molecule has 0 N–H and O–H groups in total. The monoisotopic (exact) mass is 312 g/mol. The molecule has 0 aliphatic carbocycles. The van der Waals surface area contributed by atoms with Crippen molar-refractivity contribution < 1.29 is 9.53 Å². The number of carbonyl (C=O) groups excluding carboxylic acids is 1. The van der Waals surface area contributed by atoms with Crippen molar-refractivity contribution in [3.05, 3.63) is 29.8 Å². The molecular weight excluding hydrogens is 292 g/mol. The van der Waals surface area contributed by atoms with E-state index in [4.69, 9.17) is 4.74 Å². The Morgan fingerprint density at radius 2 is 1.83 bits per heavy atom. The van der Waals surface area contributed by atoms with E-state index in [1.807, 2.05) is 24.3 Å². The van der Waals surface area contributed by atoms with Gasteiger partial charge in [0.2, 0.25) is 0 Å². The van der Waals surface area contributed by atoms with Crippen LogP contribution in [0.1, 0.15) is 51.0 Å². The van der Waals surface area contributed by atoms with Crippen LogP contribution in [-0.4, -0.2) is 11.3 Å². The molecule has 0 saturated heterocycles. The lowest BCUT2D eigenvalue weighted by molar-refractivity contribution is -0.134. The molecule has 0 amide bonds. The van der Waals surface area contributed by atoms with E-state index in [0.29, 0.717) is 18.1 Å². The zero-order valence-electron chi connectivity index (χ0n) is 11.1. The van der Waals surface area contributed by atoms with Crippen molar-refractivity contribution in [2.45, 2.75) is 45.4 Å². The van der Waals surface area contributed by atoms with E-state index >= 15 is 0 Å². The summed E-state index contributed by atoms with van der Waals surface area (Å²) in [5.74, 6) is 1.01. The summed E-state index contributed by atoms with van der Waals surface area (Å²) in [5.41, 5.74) is 1.26. The van der Waals surface area contributed by atoms with Crippen LogP contribution in [0.4, 0.5) is 0 Å². The Hall–Kier alpha value is -0.830. The first-order valence-electron chi connectivity index (χ1n) is 6.50. The van der Waals surface area contributed by atoms with E-state index < -0.39 is 0 Å². The molecule has 0 aliphatic rings. The highest BCUT2D eigenvalue weighted by atomic mass is 79.9. The average Bonchev–Trinajstić information content (AvgIpc) is 2.35. The molecule has 2 nitrogen and oxygen atoms in total. The first-order chi connectivity index (χ1) is 8.63. The van der Waals surface area contributed by atoms with E-state index in [1.165, 1.54) is 5.56 Å². The third kappa shape index (κ3) is 5.67. The zero-order chi connectivity index (χ0) is 13.4. The second kappa shape index (κ2) is 8.30. The third-order valence-corrected chi connectivity index (χ3v) is 3.35. The minimum Gasteiger partial charge on any atom is -0.427 e. The molecule has 1 aromatic rings. The van der Waals surface area contributed by atoms with Gasteiger partial charge in [0.1, 0.15) is 5.75 Å². The van der Waals surface area contributed by atoms with E-state index in [-0.39, 0.29) is 5.97 Å². The Bertz CT molecular complexity index is 357. The van der Waals surface area contributed by atoms with Gasteiger partial charge in [0.25, 0.3) is 0 Å². The standard InChI is InChI=1S/C15H21BrO2/c1-12(2)13-7-9-14(10-8-13)18-15(17)6-4-3-5-11-16/h7-10,12H,3-6,11H2,1-2H3. The molecular formula is C15H21BrO2. The summed E-state index contributed by atoms with van der Waals surface area (Å²) in [5, 5.41) is 0.999. The van der Waals surface area contributed by atoms with Gasteiger partial charge in [-0.1, -0.05) is 48.3 Å². The first-order valence-corrected chi connectivity index (χ1v) is 7.62. The van der Waals surface area contributed by atoms with Gasteiger partial charge in [-0.05, 0) is 36.5 Å². The van der Waals surface area contributed by atoms with Gasteiger partial charge in [-0.15, -0.1) is 0 Å². The van der Waals surface area contributed by atoms with E-state index in [9.17, 15) is 4.79 Å². The van der Waals surface area contributed by atoms with Gasteiger partial charge in [-0.25, -0.2) is 0 Å². The van der Waals surface area contributed by atoms with Gasteiger partial charge < -0.3 is 4.74 Å². The predicted octanol–water partition coefficient (Wildman–Crippen LogP) is 4.67. The highest BCUT2D eigenvalue weighted by Crippen LogP contribution is 2.19.